The third-order valence-electron chi connectivity index (χ3n) is 2.58. The van der Waals surface area contributed by atoms with E-state index < -0.39 is 5.91 Å². The number of nitrogens with zero attached hydrogens (tertiary/aromatic N) is 1. The molecule has 0 aliphatic heterocycles. The Labute approximate surface area is 94.3 Å². The van der Waals surface area contributed by atoms with Crippen LogP contribution in [0.5, 0.6) is 0 Å². The fourth-order valence-electron chi connectivity index (χ4n) is 1.69. The summed E-state index contributed by atoms with van der Waals surface area (Å²) < 4.78 is 4.92. The highest BCUT2D eigenvalue weighted by molar-refractivity contribution is 5.93. The number of nitrogens with one attached hydrogen (secondary N) is 1. The average Bonchev–Trinajstić information content (AvgIpc) is 2.69. The number of unbranched alkanes of at least 4 members (excludes halogenated alkanes) is 1. The third kappa shape index (κ3) is 2.52. The molecule has 1 aromatic heterocycles. The molecule has 0 spiro atoms. The third-order valence-corrected chi connectivity index (χ3v) is 2.58. The Morgan fingerprint density at radius 1 is 1.62 bits per heavy atom. The molecule has 0 aliphatic carbocycles. The zero-order valence-electron chi connectivity index (χ0n) is 9.62. The Hall–Kier alpha value is -1.56. The van der Waals surface area contributed by atoms with Crippen molar-refractivity contribution in [3.05, 3.63) is 11.3 Å². The molecule has 0 radical (unpaired) electrons. The minimum atomic E-state index is -0.594. The van der Waals surface area contributed by atoms with Crippen molar-refractivity contribution in [2.24, 2.45) is 11.6 Å². The van der Waals surface area contributed by atoms with Gasteiger partial charge in [-0.2, -0.15) is 0 Å². The van der Waals surface area contributed by atoms with Gasteiger partial charge in [-0.15, -0.1) is 0 Å². The quantitative estimate of drug-likeness (QED) is 0.501. The lowest BCUT2D eigenvalue weighted by molar-refractivity contribution is 0.0990. The van der Waals surface area contributed by atoms with Gasteiger partial charge >= 0.3 is 0 Å². The molecule has 6 nitrogen and oxygen atoms in total. The zero-order chi connectivity index (χ0) is 12.1. The average molecular weight is 226 g/mol. The van der Waals surface area contributed by atoms with Crippen LogP contribution in [0.4, 0.5) is 5.88 Å². The normalized spacial score (nSPS) is 12.4. The molecule has 0 aliphatic rings. The van der Waals surface area contributed by atoms with Crippen molar-refractivity contribution in [2.75, 3.05) is 5.43 Å². The van der Waals surface area contributed by atoms with Gasteiger partial charge in [0.25, 0.3) is 5.91 Å². The second kappa shape index (κ2) is 5.50. The maximum absolute atomic E-state index is 11.2. The Morgan fingerprint density at radius 3 is 2.81 bits per heavy atom. The molecule has 90 valence electrons. The molecule has 0 bridgehead atoms. The standard InChI is InChI=1S/C10H18N4O2/c1-3-4-5-6(2)7-8(9(11)15)14-16-10(7)13-12/h6,13H,3-5,12H2,1-2H3,(H2,11,15). The van der Waals surface area contributed by atoms with Gasteiger partial charge in [-0.1, -0.05) is 31.8 Å². The predicted octanol–water partition coefficient (Wildman–Crippen LogP) is 1.35. The van der Waals surface area contributed by atoms with Gasteiger partial charge in [-0.3, -0.25) is 10.2 Å². The summed E-state index contributed by atoms with van der Waals surface area (Å²) in [5.41, 5.74) is 8.44. The van der Waals surface area contributed by atoms with E-state index >= 15 is 0 Å². The summed E-state index contributed by atoms with van der Waals surface area (Å²) in [6.07, 6.45) is 3.09. The van der Waals surface area contributed by atoms with Crippen molar-refractivity contribution in [2.45, 2.75) is 39.0 Å². The molecule has 5 N–H and O–H groups in total. The van der Waals surface area contributed by atoms with Crippen LogP contribution in [0.2, 0.25) is 0 Å². The highest BCUT2D eigenvalue weighted by Gasteiger charge is 2.23. The van der Waals surface area contributed by atoms with E-state index in [1.54, 1.807) is 0 Å². The monoisotopic (exact) mass is 226 g/mol. The SMILES string of the molecule is CCCCC(C)c1c(C(N)=O)noc1NN. The van der Waals surface area contributed by atoms with Crippen molar-refractivity contribution < 1.29 is 9.32 Å². The summed E-state index contributed by atoms with van der Waals surface area (Å²) in [6.45, 7) is 4.10. The molecule has 1 amide bonds. The second-order valence-electron chi connectivity index (χ2n) is 3.83. The summed E-state index contributed by atoms with van der Waals surface area (Å²) in [5, 5.41) is 3.62. The fourth-order valence-corrected chi connectivity index (χ4v) is 1.69. The molecule has 1 aromatic rings. The topological polar surface area (TPSA) is 107 Å². The number of primary amides is 1. The fraction of sp³-hybridized carbons (Fsp3) is 0.600. The van der Waals surface area contributed by atoms with E-state index in [4.69, 9.17) is 16.1 Å². The number of anilines is 1. The lowest BCUT2D eigenvalue weighted by Crippen LogP contribution is -2.16. The maximum atomic E-state index is 11.2. The number of nitrogen functional groups attached to an aromatic ring is 1. The van der Waals surface area contributed by atoms with Crippen molar-refractivity contribution in [3.63, 3.8) is 0 Å². The number of hydrogen-bond donors (Lipinski definition) is 3. The lowest BCUT2D eigenvalue weighted by Gasteiger charge is -2.10. The largest absolute Gasteiger partial charge is 0.364 e. The molecule has 6 heteroatoms. The molecule has 0 aromatic carbocycles. The van der Waals surface area contributed by atoms with Gasteiger partial charge in [0.2, 0.25) is 5.88 Å². The molecule has 0 saturated heterocycles. The van der Waals surface area contributed by atoms with Gasteiger partial charge in [0.05, 0.1) is 5.56 Å². The van der Waals surface area contributed by atoms with Crippen LogP contribution in [0.25, 0.3) is 0 Å². The first-order valence-corrected chi connectivity index (χ1v) is 5.37. The van der Waals surface area contributed by atoms with Crippen LogP contribution in [0, 0.1) is 0 Å². The minimum absolute atomic E-state index is 0.139. The summed E-state index contributed by atoms with van der Waals surface area (Å²) >= 11 is 0. The highest BCUT2D eigenvalue weighted by atomic mass is 16.5. The molecular formula is C10H18N4O2. The van der Waals surface area contributed by atoms with Gasteiger partial charge in [-0.05, 0) is 12.3 Å². The minimum Gasteiger partial charge on any atom is -0.364 e. The zero-order valence-corrected chi connectivity index (χ0v) is 9.62. The van der Waals surface area contributed by atoms with E-state index in [1.165, 1.54) is 0 Å². The molecule has 1 unspecified atom stereocenters. The van der Waals surface area contributed by atoms with Crippen LogP contribution in [0.3, 0.4) is 0 Å². The molecular weight excluding hydrogens is 208 g/mol. The molecule has 0 saturated carbocycles. The van der Waals surface area contributed by atoms with E-state index in [1.807, 2.05) is 6.92 Å². The van der Waals surface area contributed by atoms with Crippen LogP contribution in [-0.4, -0.2) is 11.1 Å². The van der Waals surface area contributed by atoms with Gasteiger partial charge in [0.1, 0.15) is 0 Å². The highest BCUT2D eigenvalue weighted by Crippen LogP contribution is 2.30. The first kappa shape index (κ1) is 12.5. The van der Waals surface area contributed by atoms with Crippen molar-refractivity contribution in [3.8, 4) is 0 Å². The first-order valence-electron chi connectivity index (χ1n) is 5.37. The van der Waals surface area contributed by atoms with E-state index in [-0.39, 0.29) is 11.6 Å². The number of amides is 1. The number of carbonyl (C=O) groups excluding carboxylic acids is 1. The van der Waals surface area contributed by atoms with Crippen LogP contribution >= 0.6 is 0 Å². The number of nitrogens with two attached hydrogens (primary N) is 2. The Kier molecular flexibility index (Phi) is 4.30. The van der Waals surface area contributed by atoms with E-state index in [9.17, 15) is 4.79 Å². The second-order valence-corrected chi connectivity index (χ2v) is 3.83. The van der Waals surface area contributed by atoms with Crippen molar-refractivity contribution in [1.29, 1.82) is 0 Å². The molecule has 1 rings (SSSR count). The van der Waals surface area contributed by atoms with Gasteiger partial charge in [0, 0.05) is 0 Å². The van der Waals surface area contributed by atoms with Crippen molar-refractivity contribution in [1.82, 2.24) is 5.16 Å². The van der Waals surface area contributed by atoms with E-state index in [2.05, 4.69) is 17.5 Å². The Balaban J connectivity index is 2.97. The molecule has 0 fully saturated rings. The van der Waals surface area contributed by atoms with Crippen molar-refractivity contribution >= 4 is 11.8 Å². The number of carbonyl (C=O) groups is 1. The predicted molar refractivity (Wildman–Crippen MR) is 60.8 cm³/mol. The van der Waals surface area contributed by atoms with Crippen LogP contribution in [0.15, 0.2) is 4.52 Å². The summed E-state index contributed by atoms with van der Waals surface area (Å²) in [6, 6.07) is 0. The lowest BCUT2D eigenvalue weighted by atomic mass is 9.95. The number of rotatable bonds is 6. The van der Waals surface area contributed by atoms with Gasteiger partial charge < -0.3 is 10.3 Å². The summed E-state index contributed by atoms with van der Waals surface area (Å²) in [5.74, 6) is 5.16. The number of aromatic nitrogens is 1. The first-order chi connectivity index (χ1) is 7.61. The van der Waals surface area contributed by atoms with Crippen LogP contribution in [-0.2, 0) is 0 Å². The van der Waals surface area contributed by atoms with Gasteiger partial charge in [-0.25, -0.2) is 5.84 Å². The van der Waals surface area contributed by atoms with E-state index in [0.29, 0.717) is 11.4 Å². The summed E-state index contributed by atoms with van der Waals surface area (Å²) in [4.78, 5) is 11.2. The number of hydrogen-bond acceptors (Lipinski definition) is 5. The Bertz CT molecular complexity index is 362. The smallest absolute Gasteiger partial charge is 0.271 e. The molecule has 16 heavy (non-hydrogen) atoms. The van der Waals surface area contributed by atoms with Crippen LogP contribution < -0.4 is 17.0 Å². The summed E-state index contributed by atoms with van der Waals surface area (Å²) in [7, 11) is 0. The number of hydrazine groups is 1. The van der Waals surface area contributed by atoms with Crippen LogP contribution in [0.1, 0.15) is 55.1 Å². The molecule has 1 atom stereocenters. The Morgan fingerprint density at radius 2 is 2.31 bits per heavy atom. The maximum Gasteiger partial charge on any atom is 0.271 e. The molecule has 1 heterocycles. The van der Waals surface area contributed by atoms with Gasteiger partial charge in [0.15, 0.2) is 5.69 Å². The van der Waals surface area contributed by atoms with E-state index in [0.717, 1.165) is 19.3 Å².